The molecule has 0 radical (unpaired) electrons. The molecular formula is C11H18N6. The van der Waals surface area contributed by atoms with E-state index in [1.807, 2.05) is 6.20 Å². The molecule has 0 unspecified atom stereocenters. The van der Waals surface area contributed by atoms with Gasteiger partial charge >= 0.3 is 0 Å². The Hall–Kier alpha value is -1.69. The molecule has 0 saturated heterocycles. The quantitative estimate of drug-likeness (QED) is 0.821. The first-order valence-electron chi connectivity index (χ1n) is 5.74. The molecule has 1 N–H and O–H groups in total. The van der Waals surface area contributed by atoms with Gasteiger partial charge in [0.1, 0.15) is 0 Å². The van der Waals surface area contributed by atoms with E-state index in [-0.39, 0.29) is 0 Å². The van der Waals surface area contributed by atoms with Gasteiger partial charge in [-0.15, -0.1) is 10.2 Å². The zero-order valence-electron chi connectivity index (χ0n) is 10.5. The molecule has 2 rings (SSSR count). The fourth-order valence-corrected chi connectivity index (χ4v) is 1.57. The highest BCUT2D eigenvalue weighted by Gasteiger charge is 2.03. The predicted octanol–water partition coefficient (Wildman–Crippen LogP) is 0.558. The molecule has 0 aliphatic heterocycles. The molecule has 0 fully saturated rings. The Balaban J connectivity index is 1.94. The van der Waals surface area contributed by atoms with Gasteiger partial charge in [0, 0.05) is 25.0 Å². The SMILES string of the molecule is CC(C)NCc1ccn(Cc2nnn(C)n2)c1. The summed E-state index contributed by atoms with van der Waals surface area (Å²) in [6, 6.07) is 2.60. The highest BCUT2D eigenvalue weighted by Crippen LogP contribution is 2.03. The van der Waals surface area contributed by atoms with Crippen LogP contribution in [0.25, 0.3) is 0 Å². The van der Waals surface area contributed by atoms with Gasteiger partial charge in [-0.2, -0.15) is 4.80 Å². The highest BCUT2D eigenvalue weighted by molar-refractivity contribution is 5.10. The minimum absolute atomic E-state index is 0.500. The Kier molecular flexibility index (Phi) is 3.53. The number of aryl methyl sites for hydroxylation is 1. The molecular weight excluding hydrogens is 216 g/mol. The first kappa shape index (κ1) is 11.8. The van der Waals surface area contributed by atoms with Crippen molar-refractivity contribution in [3.05, 3.63) is 29.8 Å². The maximum Gasteiger partial charge on any atom is 0.194 e. The molecule has 0 aliphatic rings. The van der Waals surface area contributed by atoms with E-state index >= 15 is 0 Å². The molecule has 0 aliphatic carbocycles. The van der Waals surface area contributed by atoms with E-state index in [9.17, 15) is 0 Å². The monoisotopic (exact) mass is 234 g/mol. The molecule has 6 heteroatoms. The maximum atomic E-state index is 4.15. The van der Waals surface area contributed by atoms with Crippen molar-refractivity contribution in [3.8, 4) is 0 Å². The van der Waals surface area contributed by atoms with E-state index < -0.39 is 0 Å². The molecule has 0 atom stereocenters. The van der Waals surface area contributed by atoms with Crippen LogP contribution in [0, 0.1) is 0 Å². The summed E-state index contributed by atoms with van der Waals surface area (Å²) in [4.78, 5) is 1.47. The van der Waals surface area contributed by atoms with E-state index in [2.05, 4.69) is 51.4 Å². The van der Waals surface area contributed by atoms with Crippen LogP contribution < -0.4 is 5.32 Å². The van der Waals surface area contributed by atoms with Crippen LogP contribution in [0.3, 0.4) is 0 Å². The van der Waals surface area contributed by atoms with Crippen LogP contribution in [0.5, 0.6) is 0 Å². The summed E-state index contributed by atoms with van der Waals surface area (Å²) in [5.74, 6) is 0.728. The van der Waals surface area contributed by atoms with Gasteiger partial charge in [0.25, 0.3) is 0 Å². The lowest BCUT2D eigenvalue weighted by molar-refractivity contribution is 0.588. The number of nitrogens with one attached hydrogen (secondary N) is 1. The van der Waals surface area contributed by atoms with E-state index in [0.29, 0.717) is 12.6 Å². The number of nitrogens with zero attached hydrogens (tertiary/aromatic N) is 5. The Labute approximate surface area is 101 Å². The zero-order valence-corrected chi connectivity index (χ0v) is 10.5. The molecule has 0 amide bonds. The van der Waals surface area contributed by atoms with Crippen LogP contribution in [0.1, 0.15) is 25.2 Å². The maximum absolute atomic E-state index is 4.15. The van der Waals surface area contributed by atoms with E-state index in [4.69, 9.17) is 0 Å². The lowest BCUT2D eigenvalue weighted by atomic mass is 10.3. The van der Waals surface area contributed by atoms with Gasteiger partial charge in [-0.25, -0.2) is 0 Å². The Bertz CT molecular complexity index is 470. The summed E-state index contributed by atoms with van der Waals surface area (Å²) in [5, 5.41) is 15.3. The second-order valence-corrected chi connectivity index (χ2v) is 4.42. The predicted molar refractivity (Wildman–Crippen MR) is 64.3 cm³/mol. The number of aromatic nitrogens is 5. The second kappa shape index (κ2) is 5.09. The van der Waals surface area contributed by atoms with Crippen molar-refractivity contribution in [2.24, 2.45) is 7.05 Å². The number of hydrogen-bond donors (Lipinski definition) is 1. The molecule has 0 aromatic carbocycles. The summed E-state index contributed by atoms with van der Waals surface area (Å²) in [6.07, 6.45) is 4.14. The minimum Gasteiger partial charge on any atom is -0.346 e. The van der Waals surface area contributed by atoms with Crippen molar-refractivity contribution in [2.45, 2.75) is 33.0 Å². The molecule has 6 nitrogen and oxygen atoms in total. The van der Waals surface area contributed by atoms with Crippen LogP contribution in [-0.2, 0) is 20.1 Å². The average Bonchev–Trinajstić information content (AvgIpc) is 2.86. The number of tetrazole rings is 1. The molecule has 0 bridgehead atoms. The van der Waals surface area contributed by atoms with Gasteiger partial charge in [0.15, 0.2) is 5.82 Å². The van der Waals surface area contributed by atoms with E-state index in [1.165, 1.54) is 10.4 Å². The van der Waals surface area contributed by atoms with Crippen molar-refractivity contribution in [2.75, 3.05) is 0 Å². The topological polar surface area (TPSA) is 60.6 Å². The van der Waals surface area contributed by atoms with Gasteiger partial charge in [0.2, 0.25) is 0 Å². The smallest absolute Gasteiger partial charge is 0.194 e. The van der Waals surface area contributed by atoms with Crippen molar-refractivity contribution in [1.29, 1.82) is 0 Å². The summed E-state index contributed by atoms with van der Waals surface area (Å²) in [5.41, 5.74) is 1.27. The molecule has 2 heterocycles. The Morgan fingerprint density at radius 3 is 2.88 bits per heavy atom. The molecule has 0 saturated carbocycles. The van der Waals surface area contributed by atoms with Gasteiger partial charge in [0.05, 0.1) is 13.6 Å². The lowest BCUT2D eigenvalue weighted by Crippen LogP contribution is -2.21. The zero-order chi connectivity index (χ0) is 12.3. The van der Waals surface area contributed by atoms with Crippen LogP contribution in [-0.4, -0.2) is 30.8 Å². The van der Waals surface area contributed by atoms with Crippen LogP contribution in [0.15, 0.2) is 18.5 Å². The van der Waals surface area contributed by atoms with Crippen molar-refractivity contribution < 1.29 is 0 Å². The van der Waals surface area contributed by atoms with Crippen LogP contribution in [0.2, 0.25) is 0 Å². The van der Waals surface area contributed by atoms with E-state index in [1.54, 1.807) is 7.05 Å². The standard InChI is InChI=1S/C11H18N6/c1-9(2)12-6-10-4-5-17(7-10)8-11-13-15-16(3)14-11/h4-5,7,9,12H,6,8H2,1-3H3. The fourth-order valence-electron chi connectivity index (χ4n) is 1.57. The first-order chi connectivity index (χ1) is 8.13. The summed E-state index contributed by atoms with van der Waals surface area (Å²) >= 11 is 0. The Morgan fingerprint density at radius 2 is 2.24 bits per heavy atom. The average molecular weight is 234 g/mol. The minimum atomic E-state index is 0.500. The second-order valence-electron chi connectivity index (χ2n) is 4.42. The summed E-state index contributed by atoms with van der Waals surface area (Å²) in [7, 11) is 1.77. The summed E-state index contributed by atoms with van der Waals surface area (Å²) < 4.78 is 2.06. The largest absolute Gasteiger partial charge is 0.346 e. The van der Waals surface area contributed by atoms with E-state index in [0.717, 1.165) is 12.4 Å². The van der Waals surface area contributed by atoms with Crippen molar-refractivity contribution in [1.82, 2.24) is 30.1 Å². The summed E-state index contributed by atoms with van der Waals surface area (Å²) in [6.45, 7) is 5.83. The van der Waals surface area contributed by atoms with Gasteiger partial charge in [-0.1, -0.05) is 13.8 Å². The molecule has 0 spiro atoms. The van der Waals surface area contributed by atoms with Gasteiger partial charge in [-0.3, -0.25) is 0 Å². The van der Waals surface area contributed by atoms with Crippen molar-refractivity contribution in [3.63, 3.8) is 0 Å². The normalized spacial score (nSPS) is 11.3. The fraction of sp³-hybridized carbons (Fsp3) is 0.545. The first-order valence-corrected chi connectivity index (χ1v) is 5.74. The van der Waals surface area contributed by atoms with Crippen LogP contribution in [0.4, 0.5) is 0 Å². The highest BCUT2D eigenvalue weighted by atomic mass is 15.6. The lowest BCUT2D eigenvalue weighted by Gasteiger charge is -2.05. The van der Waals surface area contributed by atoms with Crippen molar-refractivity contribution >= 4 is 0 Å². The third kappa shape index (κ3) is 3.39. The van der Waals surface area contributed by atoms with Gasteiger partial charge < -0.3 is 9.88 Å². The van der Waals surface area contributed by atoms with Gasteiger partial charge in [-0.05, 0) is 16.8 Å². The molecule has 2 aromatic rings. The third-order valence-electron chi connectivity index (χ3n) is 2.40. The number of hydrogen-bond acceptors (Lipinski definition) is 4. The van der Waals surface area contributed by atoms with Crippen LogP contribution >= 0.6 is 0 Å². The third-order valence-corrected chi connectivity index (χ3v) is 2.40. The number of rotatable bonds is 5. The molecule has 92 valence electrons. The molecule has 2 aromatic heterocycles. The molecule has 17 heavy (non-hydrogen) atoms. The Morgan fingerprint density at radius 1 is 1.41 bits per heavy atom.